The summed E-state index contributed by atoms with van der Waals surface area (Å²) in [4.78, 5) is 28.3. The number of thiazole rings is 1. The number of benzene rings is 1. The van der Waals surface area contributed by atoms with Crippen LogP contribution in [0.2, 0.25) is 0 Å². The monoisotopic (exact) mass is 532 g/mol. The Morgan fingerprint density at radius 1 is 1.22 bits per heavy atom. The molecule has 5 rings (SSSR count). The molecule has 1 saturated heterocycles. The van der Waals surface area contributed by atoms with Gasteiger partial charge in [-0.1, -0.05) is 28.6 Å². The highest BCUT2D eigenvalue weighted by atomic mass is 32.2. The first-order chi connectivity index (χ1) is 17.5. The lowest BCUT2D eigenvalue weighted by atomic mass is 10.1. The van der Waals surface area contributed by atoms with Gasteiger partial charge in [0.05, 0.1) is 30.0 Å². The fourth-order valence-electron chi connectivity index (χ4n) is 3.62. The Bertz CT molecular complexity index is 1380. The number of carbonyl (C=O) groups is 1. The van der Waals surface area contributed by atoms with Gasteiger partial charge in [0, 0.05) is 24.2 Å². The van der Waals surface area contributed by atoms with Crippen molar-refractivity contribution in [1.82, 2.24) is 9.97 Å². The third-order valence-electron chi connectivity index (χ3n) is 5.65. The Hall–Kier alpha value is -3.13. The summed E-state index contributed by atoms with van der Waals surface area (Å²) in [6, 6.07) is 7.69. The number of rotatable bonds is 10. The van der Waals surface area contributed by atoms with E-state index in [0.29, 0.717) is 54.1 Å². The van der Waals surface area contributed by atoms with Gasteiger partial charge in [0.15, 0.2) is 26.8 Å². The number of anilines is 1. The molecule has 3 heterocycles. The van der Waals surface area contributed by atoms with Crippen LogP contribution in [0.5, 0.6) is 5.75 Å². The quantitative estimate of drug-likeness (QED) is 0.296. The van der Waals surface area contributed by atoms with Crippen molar-refractivity contribution in [1.29, 1.82) is 0 Å². The van der Waals surface area contributed by atoms with E-state index in [9.17, 15) is 13.2 Å². The minimum absolute atomic E-state index is 0.0266. The second kappa shape index (κ2) is 10.5. The van der Waals surface area contributed by atoms with Gasteiger partial charge in [-0.15, -0.1) is 0 Å². The van der Waals surface area contributed by atoms with Crippen molar-refractivity contribution in [2.24, 2.45) is 5.16 Å². The van der Waals surface area contributed by atoms with Crippen LogP contribution in [0.3, 0.4) is 0 Å². The molecule has 2 aromatic heterocycles. The van der Waals surface area contributed by atoms with Gasteiger partial charge in [-0.05, 0) is 25.0 Å². The van der Waals surface area contributed by atoms with Gasteiger partial charge in [-0.3, -0.25) is 10.1 Å². The first kappa shape index (κ1) is 24.6. The van der Waals surface area contributed by atoms with Crippen molar-refractivity contribution >= 4 is 48.3 Å². The van der Waals surface area contributed by atoms with E-state index in [4.69, 9.17) is 19.4 Å². The molecule has 1 amide bonds. The number of nitrogens with one attached hydrogen (secondary N) is 1. The highest BCUT2D eigenvalue weighted by Gasteiger charge is 2.36. The molecule has 2 N–H and O–H groups in total. The molecule has 2 aliphatic rings. The lowest BCUT2D eigenvalue weighted by molar-refractivity contribution is -0.110. The highest BCUT2D eigenvalue weighted by Crippen LogP contribution is 2.34. The lowest BCUT2D eigenvalue weighted by Crippen LogP contribution is -2.25. The molecule has 1 aromatic carbocycles. The minimum atomic E-state index is -3.36. The van der Waals surface area contributed by atoms with Gasteiger partial charge < -0.3 is 19.4 Å². The molecule has 1 aliphatic carbocycles. The molecule has 0 radical (unpaired) electrons. The zero-order valence-electron chi connectivity index (χ0n) is 19.1. The van der Waals surface area contributed by atoms with E-state index in [1.165, 1.54) is 12.1 Å². The first-order valence-electron chi connectivity index (χ1n) is 11.4. The Kier molecular flexibility index (Phi) is 7.14. The summed E-state index contributed by atoms with van der Waals surface area (Å²) in [5, 5.41) is 15.8. The van der Waals surface area contributed by atoms with Gasteiger partial charge in [-0.2, -0.15) is 0 Å². The molecule has 1 saturated carbocycles. The smallest absolute Gasteiger partial charge is 0.280 e. The molecule has 13 heteroatoms. The molecule has 2 fully saturated rings. The molecule has 1 atom stereocenters. The van der Waals surface area contributed by atoms with Crippen molar-refractivity contribution < 1.29 is 32.6 Å². The maximum atomic E-state index is 13.3. The van der Waals surface area contributed by atoms with Crippen LogP contribution in [-0.2, 0) is 24.2 Å². The van der Waals surface area contributed by atoms with Gasteiger partial charge in [0.25, 0.3) is 5.91 Å². The summed E-state index contributed by atoms with van der Waals surface area (Å²) < 4.78 is 35.9. The molecule has 190 valence electrons. The molecular weight excluding hydrogens is 508 g/mol. The lowest BCUT2D eigenvalue weighted by Gasteiger charge is -2.10. The van der Waals surface area contributed by atoms with E-state index in [1.54, 1.807) is 24.4 Å². The third-order valence-corrected chi connectivity index (χ3v) is 8.80. The third kappa shape index (κ3) is 5.33. The maximum absolute atomic E-state index is 13.3. The average molecular weight is 533 g/mol. The molecular formula is C23H24N4O7S2. The van der Waals surface area contributed by atoms with E-state index >= 15 is 0 Å². The molecule has 3 aromatic rings. The summed E-state index contributed by atoms with van der Waals surface area (Å²) in [6.07, 6.45) is 3.26. The molecule has 0 spiro atoms. The Morgan fingerprint density at radius 2 is 2.03 bits per heavy atom. The van der Waals surface area contributed by atoms with Crippen LogP contribution in [0.4, 0.5) is 5.13 Å². The predicted molar refractivity (Wildman–Crippen MR) is 132 cm³/mol. The van der Waals surface area contributed by atoms with Gasteiger partial charge in [0.1, 0.15) is 22.7 Å². The number of pyridine rings is 1. The number of aromatic nitrogens is 2. The zero-order chi connectivity index (χ0) is 25.1. The first-order valence-corrected chi connectivity index (χ1v) is 13.8. The fraction of sp³-hybridized carbons (Fsp3) is 0.391. The number of oxime groups is 1. The minimum Gasteiger partial charge on any atom is -0.489 e. The summed E-state index contributed by atoms with van der Waals surface area (Å²) in [5.74, 6) is -0.139. The molecule has 1 aliphatic heterocycles. The summed E-state index contributed by atoms with van der Waals surface area (Å²) in [5.41, 5.74) is 0.826. The standard InChI is InChI=1S/C23H24N4O7S2/c28-10-12-33-18-7-9-24-22-20(18)25-23(35-22)26-21(29)19(27-34-15-8-11-32-13-15)14-1-3-16(4-2-14)36(30,31)17-5-6-17/h1-4,7,9,15,17,28H,5-6,8,10-13H2,(H,25,26,29)/t15-/m1/s1. The summed E-state index contributed by atoms with van der Waals surface area (Å²) >= 11 is 1.15. The number of hydrogen-bond donors (Lipinski definition) is 2. The number of aliphatic hydroxyl groups is 1. The second-order valence-electron chi connectivity index (χ2n) is 8.31. The van der Waals surface area contributed by atoms with Crippen molar-refractivity contribution in [3.05, 3.63) is 42.1 Å². The van der Waals surface area contributed by atoms with Gasteiger partial charge >= 0.3 is 0 Å². The van der Waals surface area contributed by atoms with Crippen molar-refractivity contribution in [2.45, 2.75) is 35.5 Å². The second-order valence-corrected chi connectivity index (χ2v) is 11.5. The average Bonchev–Trinajstić information content (AvgIpc) is 3.47. The Balaban J connectivity index is 1.40. The van der Waals surface area contributed by atoms with E-state index in [0.717, 1.165) is 11.3 Å². The van der Waals surface area contributed by atoms with E-state index in [2.05, 4.69) is 20.4 Å². The van der Waals surface area contributed by atoms with Crippen LogP contribution in [0.25, 0.3) is 10.3 Å². The Labute approximate surface area is 211 Å². The Morgan fingerprint density at radius 3 is 2.72 bits per heavy atom. The van der Waals surface area contributed by atoms with E-state index < -0.39 is 15.7 Å². The van der Waals surface area contributed by atoms with E-state index in [-0.39, 0.29) is 40.3 Å². The van der Waals surface area contributed by atoms with Gasteiger partial charge in [0.2, 0.25) is 0 Å². The summed E-state index contributed by atoms with van der Waals surface area (Å²) in [6.45, 7) is 0.875. The maximum Gasteiger partial charge on any atom is 0.280 e. The normalized spacial score (nSPS) is 18.4. The topological polar surface area (TPSA) is 149 Å². The molecule has 11 nitrogen and oxygen atoms in total. The van der Waals surface area contributed by atoms with Crippen molar-refractivity contribution in [2.75, 3.05) is 31.7 Å². The number of ether oxygens (including phenoxy) is 2. The van der Waals surface area contributed by atoms with Crippen LogP contribution in [0.1, 0.15) is 24.8 Å². The predicted octanol–water partition coefficient (Wildman–Crippen LogP) is 2.15. The summed E-state index contributed by atoms with van der Waals surface area (Å²) in [7, 11) is -3.36. The van der Waals surface area contributed by atoms with Crippen LogP contribution in [0, 0.1) is 0 Å². The van der Waals surface area contributed by atoms with Gasteiger partial charge in [-0.25, -0.2) is 18.4 Å². The SMILES string of the molecule is O=C(Nc1nc2c(OCCO)ccnc2s1)C(=NO[C@@H]1CCOC1)c1ccc(S(=O)(=O)C2CC2)cc1. The number of hydrogen-bond acceptors (Lipinski definition) is 11. The highest BCUT2D eigenvalue weighted by molar-refractivity contribution is 7.92. The zero-order valence-corrected chi connectivity index (χ0v) is 20.8. The number of sulfone groups is 1. The fourth-order valence-corrected chi connectivity index (χ4v) is 6.09. The van der Waals surface area contributed by atoms with Crippen molar-refractivity contribution in [3.63, 3.8) is 0 Å². The number of nitrogens with zero attached hydrogens (tertiary/aromatic N) is 3. The van der Waals surface area contributed by atoms with Crippen molar-refractivity contribution in [3.8, 4) is 5.75 Å². The number of carbonyl (C=O) groups excluding carboxylic acids is 1. The van der Waals surface area contributed by atoms with Crippen LogP contribution in [-0.4, -0.2) is 72.9 Å². The van der Waals surface area contributed by atoms with Crippen LogP contribution in [0.15, 0.2) is 46.6 Å². The molecule has 0 bridgehead atoms. The van der Waals surface area contributed by atoms with E-state index in [1.807, 2.05) is 0 Å². The molecule has 36 heavy (non-hydrogen) atoms. The van der Waals surface area contributed by atoms with Crippen LogP contribution < -0.4 is 10.1 Å². The van der Waals surface area contributed by atoms with Crippen LogP contribution >= 0.6 is 11.3 Å². The largest absolute Gasteiger partial charge is 0.489 e. The molecule has 0 unspecified atom stereocenters. The number of amides is 1. The number of aliphatic hydroxyl groups excluding tert-OH is 1. The number of fused-ring (bicyclic) bond motifs is 1.